The predicted molar refractivity (Wildman–Crippen MR) is 133 cm³/mol. The number of thiazole rings is 1. The van der Waals surface area contributed by atoms with Gasteiger partial charge in [-0.25, -0.2) is 4.98 Å². The number of aromatic hydroxyl groups is 1. The molecule has 8 nitrogen and oxygen atoms in total. The van der Waals surface area contributed by atoms with Crippen molar-refractivity contribution in [3.05, 3.63) is 81.6 Å². The van der Waals surface area contributed by atoms with Crippen LogP contribution < -0.4 is 5.73 Å². The van der Waals surface area contributed by atoms with Crippen LogP contribution in [0.5, 0.6) is 5.75 Å². The number of likely N-dealkylation sites (tertiary alicyclic amines) is 1. The van der Waals surface area contributed by atoms with Gasteiger partial charge in [0.1, 0.15) is 10.8 Å². The van der Waals surface area contributed by atoms with Crippen LogP contribution in [0.25, 0.3) is 11.5 Å². The van der Waals surface area contributed by atoms with Gasteiger partial charge >= 0.3 is 0 Å². The van der Waals surface area contributed by atoms with Gasteiger partial charge in [-0.05, 0) is 56.9 Å². The van der Waals surface area contributed by atoms with Crippen molar-refractivity contribution in [2.75, 3.05) is 6.54 Å². The number of nitrogens with two attached hydrogens (primary N) is 1. The average molecular weight is 490 g/mol. The van der Waals surface area contributed by atoms with Crippen molar-refractivity contribution in [2.45, 2.75) is 44.7 Å². The molecule has 9 heteroatoms. The zero-order valence-corrected chi connectivity index (χ0v) is 20.5. The van der Waals surface area contributed by atoms with Gasteiger partial charge in [0.2, 0.25) is 11.8 Å². The first kappa shape index (κ1) is 23.2. The lowest BCUT2D eigenvalue weighted by molar-refractivity contribution is 0.0735. The summed E-state index contributed by atoms with van der Waals surface area (Å²) in [7, 11) is 0. The monoisotopic (exact) mass is 489 g/mol. The summed E-state index contributed by atoms with van der Waals surface area (Å²) in [5.74, 6) is 0.269. The molecule has 4 aromatic rings. The number of phenols is 1. The van der Waals surface area contributed by atoms with Gasteiger partial charge in [0, 0.05) is 28.7 Å². The van der Waals surface area contributed by atoms with Gasteiger partial charge in [-0.15, -0.1) is 21.5 Å². The van der Waals surface area contributed by atoms with Crippen molar-refractivity contribution < 1.29 is 14.3 Å². The molecule has 1 aliphatic rings. The molecule has 180 valence electrons. The van der Waals surface area contributed by atoms with E-state index in [0.717, 1.165) is 29.1 Å². The van der Waals surface area contributed by atoms with Gasteiger partial charge in [0.15, 0.2) is 0 Å². The predicted octanol–water partition coefficient (Wildman–Crippen LogP) is 4.60. The largest absolute Gasteiger partial charge is 0.508 e. The number of carbonyl (C=O) groups excluding carboxylic acids is 1. The van der Waals surface area contributed by atoms with E-state index in [-0.39, 0.29) is 29.5 Å². The van der Waals surface area contributed by atoms with Crippen LogP contribution in [0, 0.1) is 6.92 Å². The highest BCUT2D eigenvalue weighted by atomic mass is 32.1. The van der Waals surface area contributed by atoms with E-state index >= 15 is 0 Å². The van der Waals surface area contributed by atoms with Crippen LogP contribution in [-0.4, -0.2) is 37.6 Å². The van der Waals surface area contributed by atoms with Crippen LogP contribution in [0.1, 0.15) is 58.3 Å². The highest BCUT2D eigenvalue weighted by Crippen LogP contribution is 2.36. The third kappa shape index (κ3) is 4.82. The summed E-state index contributed by atoms with van der Waals surface area (Å²) in [5.41, 5.74) is 8.46. The molecular formula is C26H27N5O3S. The summed E-state index contributed by atoms with van der Waals surface area (Å²) in [6, 6.07) is 14.4. The standard InChI is InChI=1S/C26H27N5O3S/c1-16-15-35-23(28-16)21-9-6-10-31(21)24(33)19-11-18(12-20(32)13-19)22-29-30-25(34-22)26(2,27)14-17-7-4-3-5-8-17/h3-5,7-8,11-13,15,21,32H,6,9-10,14,27H2,1-2H3/t21-,26?/m1/s1. The van der Waals surface area contributed by atoms with E-state index in [0.29, 0.717) is 24.1 Å². The minimum Gasteiger partial charge on any atom is -0.508 e. The van der Waals surface area contributed by atoms with Crippen molar-refractivity contribution >= 4 is 17.2 Å². The van der Waals surface area contributed by atoms with Crippen molar-refractivity contribution in [2.24, 2.45) is 5.73 Å². The lowest BCUT2D eigenvalue weighted by Gasteiger charge is -2.23. The maximum atomic E-state index is 13.4. The van der Waals surface area contributed by atoms with E-state index in [1.54, 1.807) is 17.4 Å². The molecule has 2 aromatic carbocycles. The number of hydrogen-bond donors (Lipinski definition) is 2. The highest BCUT2D eigenvalue weighted by molar-refractivity contribution is 7.09. The minimum absolute atomic E-state index is 0.0498. The molecule has 0 bridgehead atoms. The molecule has 1 unspecified atom stereocenters. The molecule has 1 saturated heterocycles. The molecule has 2 aromatic heterocycles. The molecule has 1 fully saturated rings. The highest BCUT2D eigenvalue weighted by Gasteiger charge is 2.33. The number of carbonyl (C=O) groups is 1. The Labute approximate surface area is 207 Å². The smallest absolute Gasteiger partial charge is 0.254 e. The minimum atomic E-state index is -0.878. The maximum absolute atomic E-state index is 13.4. The van der Waals surface area contributed by atoms with Crippen molar-refractivity contribution in [3.63, 3.8) is 0 Å². The molecule has 0 radical (unpaired) electrons. The summed E-state index contributed by atoms with van der Waals surface area (Å²) >= 11 is 1.57. The number of rotatable bonds is 6. The van der Waals surface area contributed by atoms with E-state index in [2.05, 4.69) is 15.2 Å². The Morgan fingerprint density at radius 3 is 2.80 bits per heavy atom. The average Bonchev–Trinajstić information content (AvgIpc) is 3.59. The molecule has 0 aliphatic carbocycles. The molecule has 0 spiro atoms. The van der Waals surface area contributed by atoms with E-state index < -0.39 is 5.54 Å². The van der Waals surface area contributed by atoms with Crippen LogP contribution >= 0.6 is 11.3 Å². The molecular weight excluding hydrogens is 462 g/mol. The quantitative estimate of drug-likeness (QED) is 0.406. The Morgan fingerprint density at radius 1 is 1.26 bits per heavy atom. The summed E-state index contributed by atoms with van der Waals surface area (Å²) in [6.07, 6.45) is 2.30. The SMILES string of the molecule is Cc1csc([C@H]2CCCN2C(=O)c2cc(O)cc(-c3nnc(C(C)(N)Cc4ccccc4)o3)c2)n1. The normalized spacial score (nSPS) is 17.5. The molecule has 1 aliphatic heterocycles. The number of aryl methyl sites for hydroxylation is 1. The number of aromatic nitrogens is 3. The van der Waals surface area contributed by atoms with E-state index in [1.807, 2.05) is 54.5 Å². The zero-order chi connectivity index (χ0) is 24.6. The number of benzene rings is 2. The van der Waals surface area contributed by atoms with Crippen LogP contribution in [0.15, 0.2) is 58.3 Å². The maximum Gasteiger partial charge on any atom is 0.254 e. The fourth-order valence-electron chi connectivity index (χ4n) is 4.48. The Hall–Kier alpha value is -3.56. The molecule has 1 amide bonds. The van der Waals surface area contributed by atoms with Crippen molar-refractivity contribution in [1.29, 1.82) is 0 Å². The Kier molecular flexibility index (Phi) is 6.12. The first-order chi connectivity index (χ1) is 16.8. The van der Waals surface area contributed by atoms with Gasteiger partial charge in [0.05, 0.1) is 11.6 Å². The zero-order valence-electron chi connectivity index (χ0n) is 19.6. The lowest BCUT2D eigenvalue weighted by Crippen LogP contribution is -2.35. The van der Waals surface area contributed by atoms with Gasteiger partial charge in [-0.1, -0.05) is 30.3 Å². The Morgan fingerprint density at radius 2 is 2.06 bits per heavy atom. The second-order valence-electron chi connectivity index (χ2n) is 9.24. The van der Waals surface area contributed by atoms with E-state index in [1.165, 1.54) is 12.1 Å². The molecule has 2 atom stereocenters. The fraction of sp³-hybridized carbons (Fsp3) is 0.308. The van der Waals surface area contributed by atoms with Gasteiger partial charge in [-0.2, -0.15) is 0 Å². The summed E-state index contributed by atoms with van der Waals surface area (Å²) < 4.78 is 5.92. The number of nitrogens with zero attached hydrogens (tertiary/aromatic N) is 4. The van der Waals surface area contributed by atoms with Gasteiger partial charge in [-0.3, -0.25) is 4.79 Å². The number of hydrogen-bond acceptors (Lipinski definition) is 8. The van der Waals surface area contributed by atoms with Crippen molar-refractivity contribution in [1.82, 2.24) is 20.1 Å². The second kappa shape index (κ2) is 9.24. The first-order valence-corrected chi connectivity index (χ1v) is 12.4. The third-order valence-electron chi connectivity index (χ3n) is 6.17. The van der Waals surface area contributed by atoms with Crippen LogP contribution in [0.4, 0.5) is 0 Å². The van der Waals surface area contributed by atoms with Crippen LogP contribution in [0.3, 0.4) is 0 Å². The molecule has 5 rings (SSSR count). The molecule has 3 N–H and O–H groups in total. The van der Waals surface area contributed by atoms with E-state index in [9.17, 15) is 9.90 Å². The Balaban J connectivity index is 1.40. The van der Waals surface area contributed by atoms with Crippen LogP contribution in [-0.2, 0) is 12.0 Å². The summed E-state index contributed by atoms with van der Waals surface area (Å²) in [6.45, 7) is 4.43. The molecule has 0 saturated carbocycles. The molecule has 35 heavy (non-hydrogen) atoms. The summed E-state index contributed by atoms with van der Waals surface area (Å²) in [5, 5.41) is 21.7. The molecule has 3 heterocycles. The van der Waals surface area contributed by atoms with Gasteiger partial charge in [0.25, 0.3) is 5.91 Å². The third-order valence-corrected chi connectivity index (χ3v) is 7.24. The lowest BCUT2D eigenvalue weighted by atomic mass is 9.94. The number of amides is 1. The second-order valence-corrected chi connectivity index (χ2v) is 10.1. The van der Waals surface area contributed by atoms with Crippen LogP contribution in [0.2, 0.25) is 0 Å². The van der Waals surface area contributed by atoms with E-state index in [4.69, 9.17) is 10.2 Å². The Bertz CT molecular complexity index is 1350. The van der Waals surface area contributed by atoms with Gasteiger partial charge < -0.3 is 20.2 Å². The number of phenolic OH excluding ortho intramolecular Hbond substituents is 1. The first-order valence-electron chi connectivity index (χ1n) is 11.5. The summed E-state index contributed by atoms with van der Waals surface area (Å²) in [4.78, 5) is 19.9. The van der Waals surface area contributed by atoms with Crippen molar-refractivity contribution in [3.8, 4) is 17.2 Å². The topological polar surface area (TPSA) is 118 Å². The fourth-order valence-corrected chi connectivity index (χ4v) is 5.42.